The van der Waals surface area contributed by atoms with Crippen molar-refractivity contribution in [3.63, 3.8) is 0 Å². The summed E-state index contributed by atoms with van der Waals surface area (Å²) in [6.07, 6.45) is 1.56. The van der Waals surface area contributed by atoms with Crippen molar-refractivity contribution < 1.29 is 13.5 Å². The molecule has 0 bridgehead atoms. The second kappa shape index (κ2) is 5.54. The van der Waals surface area contributed by atoms with E-state index < -0.39 is 0 Å². The summed E-state index contributed by atoms with van der Waals surface area (Å²) in [5, 5.41) is 3.07. The summed E-state index contributed by atoms with van der Waals surface area (Å²) >= 11 is 3.30. The molecule has 0 spiro atoms. The van der Waals surface area contributed by atoms with E-state index in [0.29, 0.717) is 16.0 Å². The fourth-order valence-electron chi connectivity index (χ4n) is 1.86. The zero-order chi connectivity index (χ0) is 13.1. The van der Waals surface area contributed by atoms with Gasteiger partial charge in [-0.3, -0.25) is 0 Å². The molecule has 0 aliphatic rings. The maximum atomic E-state index is 14.0. The van der Waals surface area contributed by atoms with Crippen LogP contribution in [-0.2, 0) is 0 Å². The number of hydrogen-bond acceptors (Lipinski definition) is 3. The lowest BCUT2D eigenvalue weighted by atomic mass is 10.0. The molecule has 96 valence electrons. The van der Waals surface area contributed by atoms with E-state index in [1.54, 1.807) is 31.5 Å². The lowest BCUT2D eigenvalue weighted by Crippen LogP contribution is -2.18. The van der Waals surface area contributed by atoms with Gasteiger partial charge in [0.25, 0.3) is 0 Å². The van der Waals surface area contributed by atoms with E-state index in [2.05, 4.69) is 21.2 Å². The molecule has 0 saturated carbocycles. The fraction of sp³-hybridized carbons (Fsp3) is 0.231. The van der Waals surface area contributed by atoms with Gasteiger partial charge < -0.3 is 14.5 Å². The van der Waals surface area contributed by atoms with Crippen LogP contribution in [0.2, 0.25) is 0 Å². The predicted octanol–water partition coefficient (Wildman–Crippen LogP) is 3.50. The van der Waals surface area contributed by atoms with Gasteiger partial charge in [0.15, 0.2) is 4.67 Å². The van der Waals surface area contributed by atoms with Crippen molar-refractivity contribution in [3.05, 3.63) is 52.1 Å². The van der Waals surface area contributed by atoms with Gasteiger partial charge in [0.1, 0.15) is 11.6 Å². The van der Waals surface area contributed by atoms with E-state index in [0.717, 1.165) is 5.56 Å². The van der Waals surface area contributed by atoms with Gasteiger partial charge in [0.05, 0.1) is 19.4 Å². The molecule has 0 amide bonds. The molecule has 1 atom stereocenters. The minimum absolute atomic E-state index is 0.274. The third-order valence-electron chi connectivity index (χ3n) is 2.76. The molecular weight excluding hydrogens is 301 g/mol. The summed E-state index contributed by atoms with van der Waals surface area (Å²) in [6.45, 7) is 0. The van der Waals surface area contributed by atoms with Crippen LogP contribution >= 0.6 is 15.9 Å². The predicted molar refractivity (Wildman–Crippen MR) is 70.3 cm³/mol. The highest BCUT2D eigenvalue weighted by molar-refractivity contribution is 9.10. The number of halogens is 2. The summed E-state index contributed by atoms with van der Waals surface area (Å²) in [5.74, 6) is 0.180. The maximum Gasteiger partial charge on any atom is 0.174 e. The Morgan fingerprint density at radius 1 is 1.33 bits per heavy atom. The molecule has 1 unspecified atom stereocenters. The first-order chi connectivity index (χ1) is 8.67. The van der Waals surface area contributed by atoms with Gasteiger partial charge in [-0.2, -0.15) is 0 Å². The molecule has 0 aliphatic heterocycles. The smallest absolute Gasteiger partial charge is 0.174 e. The highest BCUT2D eigenvalue weighted by atomic mass is 79.9. The molecule has 1 heterocycles. The molecule has 3 nitrogen and oxygen atoms in total. The van der Waals surface area contributed by atoms with E-state index in [1.165, 1.54) is 13.2 Å². The molecule has 1 aromatic carbocycles. The minimum atomic E-state index is -0.318. The third-order valence-corrected chi connectivity index (χ3v) is 3.41. The van der Waals surface area contributed by atoms with Crippen molar-refractivity contribution in [2.75, 3.05) is 14.2 Å². The molecule has 2 aromatic rings. The molecule has 18 heavy (non-hydrogen) atoms. The fourth-order valence-corrected chi connectivity index (χ4v) is 2.33. The Balaban J connectivity index is 2.42. The second-order valence-corrected chi connectivity index (χ2v) is 4.48. The Kier molecular flexibility index (Phi) is 4.04. The zero-order valence-corrected chi connectivity index (χ0v) is 11.6. The van der Waals surface area contributed by atoms with E-state index in [9.17, 15) is 4.39 Å². The van der Waals surface area contributed by atoms with Crippen LogP contribution in [-0.4, -0.2) is 14.2 Å². The van der Waals surface area contributed by atoms with Gasteiger partial charge in [-0.25, -0.2) is 4.39 Å². The van der Waals surface area contributed by atoms with Crippen molar-refractivity contribution in [1.29, 1.82) is 0 Å². The summed E-state index contributed by atoms with van der Waals surface area (Å²) in [4.78, 5) is 0. The Morgan fingerprint density at radius 2 is 2.11 bits per heavy atom. The van der Waals surface area contributed by atoms with Crippen LogP contribution in [0.15, 0.2) is 39.6 Å². The molecule has 0 radical (unpaired) electrons. The van der Waals surface area contributed by atoms with E-state index in [4.69, 9.17) is 9.15 Å². The molecule has 2 rings (SSSR count). The highest BCUT2D eigenvalue weighted by Crippen LogP contribution is 2.31. The van der Waals surface area contributed by atoms with E-state index >= 15 is 0 Å². The van der Waals surface area contributed by atoms with Crippen LogP contribution < -0.4 is 10.1 Å². The summed E-state index contributed by atoms with van der Waals surface area (Å²) in [6, 6.07) is 6.33. The van der Waals surface area contributed by atoms with Crippen LogP contribution in [0.4, 0.5) is 4.39 Å². The largest absolute Gasteiger partial charge is 0.497 e. The third kappa shape index (κ3) is 2.42. The van der Waals surface area contributed by atoms with E-state index in [1.807, 2.05) is 0 Å². The normalized spacial score (nSPS) is 12.4. The Labute approximate surface area is 113 Å². The molecule has 1 N–H and O–H groups in total. The lowest BCUT2D eigenvalue weighted by molar-refractivity contribution is 0.410. The molecule has 0 saturated heterocycles. The molecular formula is C13H13BrFNO2. The quantitative estimate of drug-likeness (QED) is 0.938. The van der Waals surface area contributed by atoms with Crippen LogP contribution in [0.25, 0.3) is 0 Å². The van der Waals surface area contributed by atoms with Crippen LogP contribution in [0.3, 0.4) is 0 Å². The first-order valence-electron chi connectivity index (χ1n) is 5.41. The Morgan fingerprint density at radius 3 is 2.61 bits per heavy atom. The van der Waals surface area contributed by atoms with Crippen molar-refractivity contribution >= 4 is 15.9 Å². The van der Waals surface area contributed by atoms with Gasteiger partial charge in [-0.05, 0) is 35.1 Å². The standard InChI is InChI=1S/C13H13BrFNO2/c1-16-12(10-5-6-18-13(10)14)9-4-3-8(17-2)7-11(9)15/h3-7,12,16H,1-2H3. The van der Waals surface area contributed by atoms with Crippen molar-refractivity contribution in [2.24, 2.45) is 0 Å². The highest BCUT2D eigenvalue weighted by Gasteiger charge is 2.20. The lowest BCUT2D eigenvalue weighted by Gasteiger charge is -2.17. The van der Waals surface area contributed by atoms with Crippen LogP contribution in [0.5, 0.6) is 5.75 Å². The summed E-state index contributed by atoms with van der Waals surface area (Å²) < 4.78 is 24.8. The SMILES string of the molecule is CNC(c1ccc(OC)cc1F)c1ccoc1Br. The number of ether oxygens (including phenoxy) is 1. The molecule has 1 aromatic heterocycles. The number of hydrogen-bond donors (Lipinski definition) is 1. The number of benzene rings is 1. The molecule has 0 fully saturated rings. The van der Waals surface area contributed by atoms with Crippen molar-refractivity contribution in [1.82, 2.24) is 5.32 Å². The number of rotatable bonds is 4. The Hall–Kier alpha value is -1.33. The first-order valence-corrected chi connectivity index (χ1v) is 6.20. The van der Waals surface area contributed by atoms with Crippen LogP contribution in [0, 0.1) is 5.82 Å². The maximum absolute atomic E-state index is 14.0. The number of methoxy groups -OCH3 is 1. The second-order valence-electron chi connectivity index (χ2n) is 3.76. The summed E-state index contributed by atoms with van der Waals surface area (Å²) in [7, 11) is 3.28. The first kappa shape index (κ1) is 13.1. The Bertz CT molecular complexity index is 542. The molecule has 5 heteroatoms. The minimum Gasteiger partial charge on any atom is -0.497 e. The van der Waals surface area contributed by atoms with Gasteiger partial charge in [0.2, 0.25) is 0 Å². The average molecular weight is 314 g/mol. The van der Waals surface area contributed by atoms with Crippen LogP contribution in [0.1, 0.15) is 17.2 Å². The zero-order valence-electron chi connectivity index (χ0n) is 10.0. The van der Waals surface area contributed by atoms with Crippen molar-refractivity contribution in [3.8, 4) is 5.75 Å². The van der Waals surface area contributed by atoms with Gasteiger partial charge in [-0.15, -0.1) is 0 Å². The van der Waals surface area contributed by atoms with Gasteiger partial charge in [0, 0.05) is 17.2 Å². The number of nitrogens with one attached hydrogen (secondary N) is 1. The van der Waals surface area contributed by atoms with Crippen molar-refractivity contribution in [2.45, 2.75) is 6.04 Å². The monoisotopic (exact) mass is 313 g/mol. The summed E-state index contributed by atoms with van der Waals surface area (Å²) in [5.41, 5.74) is 1.39. The van der Waals surface area contributed by atoms with Gasteiger partial charge >= 0.3 is 0 Å². The average Bonchev–Trinajstić information content (AvgIpc) is 2.78. The van der Waals surface area contributed by atoms with E-state index in [-0.39, 0.29) is 11.9 Å². The topological polar surface area (TPSA) is 34.4 Å². The molecule has 0 aliphatic carbocycles. The van der Waals surface area contributed by atoms with Gasteiger partial charge in [-0.1, -0.05) is 6.07 Å². The number of furan rings is 1.